The van der Waals surface area contributed by atoms with Crippen molar-refractivity contribution >= 4 is 81.0 Å². The van der Waals surface area contributed by atoms with Crippen molar-refractivity contribution in [2.75, 3.05) is 4.90 Å². The number of thiophene rings is 1. The molecule has 0 saturated carbocycles. The summed E-state index contributed by atoms with van der Waals surface area (Å²) in [4.78, 5) is 8.19. The van der Waals surface area contributed by atoms with Crippen molar-refractivity contribution in [1.29, 1.82) is 0 Å². The van der Waals surface area contributed by atoms with Crippen LogP contribution in [-0.2, 0) is 5.41 Å². The third kappa shape index (κ3) is 4.16. The van der Waals surface area contributed by atoms with Gasteiger partial charge in [-0.3, -0.25) is 4.90 Å². The van der Waals surface area contributed by atoms with Crippen LogP contribution in [0.25, 0.3) is 74.9 Å². The standard InChI is InChI=1S/C54H32N2S/c1-2-14-34-29-37(26-25-33(34)13-1)53-40-27-28-49-52(42-30-35-15-3-4-16-36(35)31-50(42)57-49)41(40)32-51(55-53)56-47-23-11-9-21-45(47)54(46-22-10-12-24-48(46)56)43-19-7-5-17-38(43)39-18-6-8-20-44(39)54/h1-32H. The van der Waals surface area contributed by atoms with E-state index in [0.717, 1.165) is 33.8 Å². The Morgan fingerprint density at radius 3 is 1.65 bits per heavy atom. The second-order valence-corrected chi connectivity index (χ2v) is 16.5. The molecule has 0 radical (unpaired) electrons. The predicted molar refractivity (Wildman–Crippen MR) is 241 cm³/mol. The van der Waals surface area contributed by atoms with Gasteiger partial charge >= 0.3 is 0 Å². The van der Waals surface area contributed by atoms with Crippen molar-refractivity contribution in [1.82, 2.24) is 4.98 Å². The highest BCUT2D eigenvalue weighted by molar-refractivity contribution is 7.26. The molecule has 1 aliphatic carbocycles. The molecule has 0 bridgehead atoms. The number of aromatic nitrogens is 1. The van der Waals surface area contributed by atoms with Crippen LogP contribution in [0, 0.1) is 0 Å². The molecule has 264 valence electrons. The Balaban J connectivity index is 1.15. The molecular weight excluding hydrogens is 709 g/mol. The molecule has 57 heavy (non-hydrogen) atoms. The minimum absolute atomic E-state index is 0.479. The van der Waals surface area contributed by atoms with E-state index in [2.05, 4.69) is 199 Å². The number of benzene rings is 9. The number of hydrogen-bond donors (Lipinski definition) is 0. The van der Waals surface area contributed by atoms with Crippen LogP contribution in [0.2, 0.25) is 0 Å². The summed E-state index contributed by atoms with van der Waals surface area (Å²) in [5, 5.41) is 9.91. The Morgan fingerprint density at radius 2 is 0.965 bits per heavy atom. The number of rotatable bonds is 2. The zero-order valence-electron chi connectivity index (χ0n) is 30.8. The van der Waals surface area contributed by atoms with Gasteiger partial charge in [-0.2, -0.15) is 0 Å². The molecule has 2 aliphatic rings. The molecular formula is C54H32N2S. The summed E-state index contributed by atoms with van der Waals surface area (Å²) >= 11 is 1.88. The first-order valence-electron chi connectivity index (χ1n) is 19.6. The van der Waals surface area contributed by atoms with E-state index in [9.17, 15) is 0 Å². The highest BCUT2D eigenvalue weighted by atomic mass is 32.1. The van der Waals surface area contributed by atoms with Crippen molar-refractivity contribution in [3.05, 3.63) is 216 Å². The lowest BCUT2D eigenvalue weighted by Gasteiger charge is -2.44. The predicted octanol–water partition coefficient (Wildman–Crippen LogP) is 14.7. The second-order valence-electron chi connectivity index (χ2n) is 15.4. The quantitative estimate of drug-likeness (QED) is 0.175. The van der Waals surface area contributed by atoms with E-state index in [0.29, 0.717) is 0 Å². The van der Waals surface area contributed by atoms with Crippen LogP contribution in [0.1, 0.15) is 22.3 Å². The first-order valence-corrected chi connectivity index (χ1v) is 20.4. The highest BCUT2D eigenvalue weighted by Gasteiger charge is 2.51. The highest BCUT2D eigenvalue weighted by Crippen LogP contribution is 2.63. The molecule has 1 aliphatic heterocycles. The third-order valence-electron chi connectivity index (χ3n) is 12.6. The minimum atomic E-state index is -0.479. The van der Waals surface area contributed by atoms with E-state index in [-0.39, 0.29) is 0 Å². The van der Waals surface area contributed by atoms with Gasteiger partial charge in [-0.25, -0.2) is 4.98 Å². The van der Waals surface area contributed by atoms with Crippen LogP contribution < -0.4 is 4.90 Å². The van der Waals surface area contributed by atoms with Gasteiger partial charge in [-0.15, -0.1) is 11.3 Å². The van der Waals surface area contributed by atoms with E-state index in [1.807, 2.05) is 11.3 Å². The van der Waals surface area contributed by atoms with E-state index >= 15 is 0 Å². The molecule has 0 N–H and O–H groups in total. The third-order valence-corrected chi connectivity index (χ3v) is 13.7. The molecule has 3 heterocycles. The Morgan fingerprint density at radius 1 is 0.404 bits per heavy atom. The zero-order valence-corrected chi connectivity index (χ0v) is 31.6. The van der Waals surface area contributed by atoms with Crippen LogP contribution in [-0.4, -0.2) is 4.98 Å². The molecule has 11 aromatic rings. The summed E-state index contributed by atoms with van der Waals surface area (Å²) in [6, 6.07) is 71.9. The summed E-state index contributed by atoms with van der Waals surface area (Å²) in [5.74, 6) is 0.910. The largest absolute Gasteiger partial charge is 0.294 e. The van der Waals surface area contributed by atoms with Gasteiger partial charge in [0.05, 0.1) is 22.5 Å². The molecule has 0 atom stereocenters. The van der Waals surface area contributed by atoms with E-state index in [1.165, 1.54) is 80.5 Å². The van der Waals surface area contributed by atoms with Crippen LogP contribution in [0.15, 0.2) is 194 Å². The molecule has 9 aromatic carbocycles. The Kier molecular flexibility index (Phi) is 6.28. The van der Waals surface area contributed by atoms with Gasteiger partial charge in [0.25, 0.3) is 0 Å². The number of hydrogen-bond acceptors (Lipinski definition) is 3. The first kappa shape index (κ1) is 31.2. The normalized spacial score (nSPS) is 13.7. The molecule has 13 rings (SSSR count). The molecule has 0 amide bonds. The second kappa shape index (κ2) is 11.5. The molecule has 0 unspecified atom stereocenters. The molecule has 2 nitrogen and oxygen atoms in total. The van der Waals surface area contributed by atoms with Crippen LogP contribution >= 0.6 is 11.3 Å². The van der Waals surface area contributed by atoms with Gasteiger partial charge in [-0.1, -0.05) is 152 Å². The Bertz CT molecular complexity index is 3410. The fraction of sp³-hybridized carbons (Fsp3) is 0.0185. The van der Waals surface area contributed by atoms with Crippen molar-refractivity contribution in [3.63, 3.8) is 0 Å². The fourth-order valence-corrected chi connectivity index (χ4v) is 11.4. The lowest BCUT2D eigenvalue weighted by atomic mass is 9.65. The Labute approximate surface area is 333 Å². The number of para-hydroxylation sites is 2. The van der Waals surface area contributed by atoms with E-state index in [1.54, 1.807) is 0 Å². The van der Waals surface area contributed by atoms with Crippen molar-refractivity contribution in [2.45, 2.75) is 5.41 Å². The average Bonchev–Trinajstić information content (AvgIpc) is 3.79. The summed E-state index contributed by atoms with van der Waals surface area (Å²) in [5.41, 5.74) is 11.7. The molecule has 1 spiro atoms. The summed E-state index contributed by atoms with van der Waals surface area (Å²) < 4.78 is 2.59. The van der Waals surface area contributed by atoms with Gasteiger partial charge in [0, 0.05) is 31.1 Å². The lowest BCUT2D eigenvalue weighted by molar-refractivity contribution is 0.751. The monoisotopic (exact) mass is 740 g/mol. The number of fused-ring (bicyclic) bond motifs is 16. The molecule has 0 saturated heterocycles. The van der Waals surface area contributed by atoms with Crippen LogP contribution in [0.5, 0.6) is 0 Å². The SMILES string of the molecule is c1ccc2c(c1)-c1ccccc1C21c2ccccc2N(c2cc3c(ccc4sc5cc6ccccc6cc5c43)c(-c3ccc4ccccc4c3)n2)c2ccccc21. The van der Waals surface area contributed by atoms with Crippen molar-refractivity contribution in [3.8, 4) is 22.4 Å². The lowest BCUT2D eigenvalue weighted by Crippen LogP contribution is -2.36. The zero-order chi connectivity index (χ0) is 37.2. The van der Waals surface area contributed by atoms with Gasteiger partial charge in [0.1, 0.15) is 5.82 Å². The average molecular weight is 741 g/mol. The van der Waals surface area contributed by atoms with E-state index in [4.69, 9.17) is 4.98 Å². The number of anilines is 3. The maximum Gasteiger partial charge on any atom is 0.138 e. The fourth-order valence-electron chi connectivity index (χ4n) is 10.3. The number of pyridine rings is 1. The minimum Gasteiger partial charge on any atom is -0.294 e. The van der Waals surface area contributed by atoms with Crippen molar-refractivity contribution < 1.29 is 0 Å². The first-order chi connectivity index (χ1) is 28.3. The summed E-state index contributed by atoms with van der Waals surface area (Å²) in [6.07, 6.45) is 0. The van der Waals surface area contributed by atoms with Crippen LogP contribution in [0.4, 0.5) is 17.2 Å². The van der Waals surface area contributed by atoms with Gasteiger partial charge in [0.15, 0.2) is 0 Å². The van der Waals surface area contributed by atoms with Crippen molar-refractivity contribution in [2.24, 2.45) is 0 Å². The molecule has 2 aromatic heterocycles. The summed E-state index contributed by atoms with van der Waals surface area (Å²) in [6.45, 7) is 0. The summed E-state index contributed by atoms with van der Waals surface area (Å²) in [7, 11) is 0. The smallest absolute Gasteiger partial charge is 0.138 e. The van der Waals surface area contributed by atoms with E-state index < -0.39 is 5.41 Å². The maximum atomic E-state index is 5.75. The van der Waals surface area contributed by atoms with Crippen LogP contribution in [0.3, 0.4) is 0 Å². The van der Waals surface area contributed by atoms with Gasteiger partial charge in [0.2, 0.25) is 0 Å². The van der Waals surface area contributed by atoms with Gasteiger partial charge < -0.3 is 0 Å². The van der Waals surface area contributed by atoms with Gasteiger partial charge in [-0.05, 0) is 103 Å². The molecule has 0 fully saturated rings. The Hall–Kier alpha value is -7.07. The maximum absolute atomic E-state index is 5.75. The topological polar surface area (TPSA) is 16.1 Å². The molecule has 3 heteroatoms. The number of nitrogens with zero attached hydrogens (tertiary/aromatic N) is 2.